The first-order chi connectivity index (χ1) is 8.83. The van der Waals surface area contributed by atoms with Crippen LogP contribution in [0.3, 0.4) is 0 Å². The number of benzene rings is 1. The van der Waals surface area contributed by atoms with Gasteiger partial charge in [0.25, 0.3) is 0 Å². The average molecular weight is 296 g/mol. The summed E-state index contributed by atoms with van der Waals surface area (Å²) in [5.41, 5.74) is 2.38. The summed E-state index contributed by atoms with van der Waals surface area (Å²) in [6.07, 6.45) is 0. The predicted molar refractivity (Wildman–Crippen MR) is 82.9 cm³/mol. The molecule has 0 amide bonds. The van der Waals surface area contributed by atoms with E-state index in [1.54, 1.807) is 11.3 Å². The zero-order chi connectivity index (χ0) is 12.4. The Morgan fingerprint density at radius 3 is 2.68 bits per heavy atom. The predicted octanol–water partition coefficient (Wildman–Crippen LogP) is 2.64. The van der Waals surface area contributed by atoms with Crippen LogP contribution in [0.25, 0.3) is 10.6 Å². The van der Waals surface area contributed by atoms with Crippen molar-refractivity contribution in [1.82, 2.24) is 15.2 Å². The SMILES string of the molecule is CN(Cc1csc(-c2ccccc2)n1)C1CNC1.Cl. The van der Waals surface area contributed by atoms with Crippen LogP contribution < -0.4 is 5.32 Å². The van der Waals surface area contributed by atoms with Crippen molar-refractivity contribution >= 4 is 23.7 Å². The Morgan fingerprint density at radius 2 is 2.05 bits per heavy atom. The molecule has 1 aliphatic heterocycles. The molecule has 1 N–H and O–H groups in total. The van der Waals surface area contributed by atoms with E-state index in [2.05, 4.69) is 46.9 Å². The lowest BCUT2D eigenvalue weighted by Gasteiger charge is -2.35. The van der Waals surface area contributed by atoms with Crippen LogP contribution in [-0.2, 0) is 6.54 Å². The Labute approximate surface area is 124 Å². The van der Waals surface area contributed by atoms with Gasteiger partial charge in [0.2, 0.25) is 0 Å². The van der Waals surface area contributed by atoms with Crippen molar-refractivity contribution in [2.45, 2.75) is 12.6 Å². The summed E-state index contributed by atoms with van der Waals surface area (Å²) >= 11 is 1.73. The summed E-state index contributed by atoms with van der Waals surface area (Å²) in [5, 5.41) is 6.59. The molecule has 0 atom stereocenters. The van der Waals surface area contributed by atoms with Gasteiger partial charge in [-0.25, -0.2) is 4.98 Å². The number of thiazole rings is 1. The number of likely N-dealkylation sites (N-methyl/N-ethyl adjacent to an activating group) is 1. The van der Waals surface area contributed by atoms with E-state index in [0.717, 1.165) is 24.6 Å². The maximum Gasteiger partial charge on any atom is 0.123 e. The van der Waals surface area contributed by atoms with Gasteiger partial charge in [0.15, 0.2) is 0 Å². The van der Waals surface area contributed by atoms with Gasteiger partial charge in [-0.1, -0.05) is 30.3 Å². The first-order valence-electron chi connectivity index (χ1n) is 6.24. The maximum absolute atomic E-state index is 4.72. The fraction of sp³-hybridized carbons (Fsp3) is 0.357. The number of hydrogen-bond acceptors (Lipinski definition) is 4. The third kappa shape index (κ3) is 3.34. The molecule has 3 rings (SSSR count). The standard InChI is InChI=1S/C14H17N3S.ClH/c1-17(13-7-15-8-13)9-12-10-18-14(16-12)11-5-3-2-4-6-11;/h2-6,10,13,15H,7-9H2,1H3;1H. The van der Waals surface area contributed by atoms with Gasteiger partial charge in [-0.2, -0.15) is 0 Å². The van der Waals surface area contributed by atoms with E-state index >= 15 is 0 Å². The molecule has 0 radical (unpaired) electrons. The number of halogens is 1. The smallest absolute Gasteiger partial charge is 0.123 e. The van der Waals surface area contributed by atoms with Gasteiger partial charge in [0.1, 0.15) is 5.01 Å². The molecule has 1 aliphatic rings. The summed E-state index contributed by atoms with van der Waals surface area (Å²) in [7, 11) is 2.17. The van der Waals surface area contributed by atoms with E-state index < -0.39 is 0 Å². The second-order valence-corrected chi connectivity index (χ2v) is 5.60. The van der Waals surface area contributed by atoms with Crippen LogP contribution >= 0.6 is 23.7 Å². The van der Waals surface area contributed by atoms with Crippen molar-refractivity contribution < 1.29 is 0 Å². The lowest BCUT2D eigenvalue weighted by atomic mass is 10.1. The van der Waals surface area contributed by atoms with Crippen LogP contribution in [0.4, 0.5) is 0 Å². The van der Waals surface area contributed by atoms with Crippen LogP contribution in [-0.4, -0.2) is 36.1 Å². The van der Waals surface area contributed by atoms with Crippen LogP contribution in [0.5, 0.6) is 0 Å². The Kier molecular flexibility index (Phi) is 4.93. The van der Waals surface area contributed by atoms with E-state index in [1.165, 1.54) is 11.3 Å². The van der Waals surface area contributed by atoms with Crippen molar-refractivity contribution in [3.63, 3.8) is 0 Å². The van der Waals surface area contributed by atoms with Gasteiger partial charge in [0, 0.05) is 36.6 Å². The molecule has 3 nitrogen and oxygen atoms in total. The average Bonchev–Trinajstić information content (AvgIpc) is 2.76. The van der Waals surface area contributed by atoms with Crippen molar-refractivity contribution in [3.8, 4) is 10.6 Å². The van der Waals surface area contributed by atoms with Gasteiger partial charge in [-0.15, -0.1) is 23.7 Å². The Balaban J connectivity index is 0.00000133. The minimum absolute atomic E-state index is 0. The van der Waals surface area contributed by atoms with Crippen LogP contribution in [0.15, 0.2) is 35.7 Å². The molecular weight excluding hydrogens is 278 g/mol. The second-order valence-electron chi connectivity index (χ2n) is 4.74. The van der Waals surface area contributed by atoms with E-state index in [9.17, 15) is 0 Å². The minimum Gasteiger partial charge on any atom is -0.314 e. The molecule has 0 spiro atoms. The fourth-order valence-corrected chi connectivity index (χ4v) is 2.88. The molecule has 1 aromatic heterocycles. The molecule has 5 heteroatoms. The van der Waals surface area contributed by atoms with Gasteiger partial charge in [-0.05, 0) is 7.05 Å². The molecule has 102 valence electrons. The van der Waals surface area contributed by atoms with E-state index in [4.69, 9.17) is 4.98 Å². The lowest BCUT2D eigenvalue weighted by Crippen LogP contribution is -2.55. The monoisotopic (exact) mass is 295 g/mol. The molecular formula is C14H18ClN3S. The zero-order valence-corrected chi connectivity index (χ0v) is 12.5. The Bertz CT molecular complexity index is 510. The van der Waals surface area contributed by atoms with E-state index in [-0.39, 0.29) is 12.4 Å². The number of nitrogens with one attached hydrogen (secondary N) is 1. The summed E-state index contributed by atoms with van der Waals surface area (Å²) in [6, 6.07) is 11.1. The number of hydrogen-bond donors (Lipinski definition) is 1. The van der Waals surface area contributed by atoms with E-state index in [1.807, 2.05) is 6.07 Å². The number of aromatic nitrogens is 1. The molecule has 19 heavy (non-hydrogen) atoms. The normalized spacial score (nSPS) is 15.1. The molecule has 0 saturated carbocycles. The fourth-order valence-electron chi connectivity index (χ4n) is 2.06. The van der Waals surface area contributed by atoms with Crippen molar-refractivity contribution in [2.24, 2.45) is 0 Å². The molecule has 2 heterocycles. The van der Waals surface area contributed by atoms with Crippen LogP contribution in [0.1, 0.15) is 5.69 Å². The van der Waals surface area contributed by atoms with E-state index in [0.29, 0.717) is 6.04 Å². The third-order valence-corrected chi connectivity index (χ3v) is 4.31. The third-order valence-electron chi connectivity index (χ3n) is 3.37. The quantitative estimate of drug-likeness (QED) is 0.940. The Hall–Kier alpha value is -0.940. The molecule has 1 aromatic carbocycles. The minimum atomic E-state index is 0. The maximum atomic E-state index is 4.72. The molecule has 1 saturated heterocycles. The first kappa shape index (κ1) is 14.5. The van der Waals surface area contributed by atoms with Crippen LogP contribution in [0, 0.1) is 0 Å². The van der Waals surface area contributed by atoms with Gasteiger partial charge in [-0.3, -0.25) is 4.90 Å². The van der Waals surface area contributed by atoms with Crippen molar-refractivity contribution in [3.05, 3.63) is 41.4 Å². The molecule has 1 fully saturated rings. The van der Waals surface area contributed by atoms with Gasteiger partial charge >= 0.3 is 0 Å². The lowest BCUT2D eigenvalue weighted by molar-refractivity contribution is 0.171. The molecule has 0 bridgehead atoms. The highest BCUT2D eigenvalue weighted by atomic mass is 35.5. The summed E-state index contributed by atoms with van der Waals surface area (Å²) < 4.78 is 0. The number of rotatable bonds is 4. The zero-order valence-electron chi connectivity index (χ0n) is 10.9. The summed E-state index contributed by atoms with van der Waals surface area (Å²) in [6.45, 7) is 3.15. The molecule has 0 aliphatic carbocycles. The summed E-state index contributed by atoms with van der Waals surface area (Å²) in [4.78, 5) is 7.09. The van der Waals surface area contributed by atoms with Crippen molar-refractivity contribution in [2.75, 3.05) is 20.1 Å². The largest absolute Gasteiger partial charge is 0.314 e. The topological polar surface area (TPSA) is 28.2 Å². The summed E-state index contributed by atoms with van der Waals surface area (Å²) in [5.74, 6) is 0. The highest BCUT2D eigenvalue weighted by molar-refractivity contribution is 7.13. The highest BCUT2D eigenvalue weighted by Gasteiger charge is 2.21. The second kappa shape index (κ2) is 6.48. The van der Waals surface area contributed by atoms with Gasteiger partial charge in [0.05, 0.1) is 5.69 Å². The van der Waals surface area contributed by atoms with Gasteiger partial charge < -0.3 is 5.32 Å². The number of nitrogens with zero attached hydrogens (tertiary/aromatic N) is 2. The first-order valence-corrected chi connectivity index (χ1v) is 7.11. The highest BCUT2D eigenvalue weighted by Crippen LogP contribution is 2.24. The van der Waals surface area contributed by atoms with Crippen LogP contribution in [0.2, 0.25) is 0 Å². The Morgan fingerprint density at radius 1 is 1.32 bits per heavy atom. The molecule has 2 aromatic rings. The molecule has 0 unspecified atom stereocenters. The van der Waals surface area contributed by atoms with Crippen molar-refractivity contribution in [1.29, 1.82) is 0 Å².